The quantitative estimate of drug-likeness (QED) is 0.626. The van der Waals surface area contributed by atoms with Gasteiger partial charge in [0.2, 0.25) is 0 Å². The van der Waals surface area contributed by atoms with Gasteiger partial charge in [0.15, 0.2) is 0 Å². The Kier molecular flexibility index (Phi) is 13.5. The van der Waals surface area contributed by atoms with Gasteiger partial charge in [0.1, 0.15) is 11.5 Å². The number of rotatable bonds is 9. The molecule has 0 aliphatic rings. The lowest BCUT2D eigenvalue weighted by molar-refractivity contribution is 0.106. The molecule has 0 saturated carbocycles. The zero-order chi connectivity index (χ0) is 18.2. The van der Waals surface area contributed by atoms with E-state index in [1.54, 1.807) is 6.07 Å². The molecule has 1 aromatic rings. The topological polar surface area (TPSA) is 70.0 Å². The lowest BCUT2D eigenvalue weighted by Crippen LogP contribution is -2.33. The molecule has 5 nitrogen and oxygen atoms in total. The maximum atomic E-state index is 11.6. The van der Waals surface area contributed by atoms with Gasteiger partial charge in [-0.25, -0.2) is 4.79 Å². The molecular formula is C19H33NO4. The van der Waals surface area contributed by atoms with Crippen LogP contribution in [0.1, 0.15) is 59.3 Å². The third kappa shape index (κ3) is 11.6. The summed E-state index contributed by atoms with van der Waals surface area (Å²) in [5, 5.41) is 17.3. The van der Waals surface area contributed by atoms with Crippen molar-refractivity contribution < 1.29 is 19.7 Å². The number of hydrogen-bond donors (Lipinski definition) is 2. The fourth-order valence-corrected chi connectivity index (χ4v) is 2.11. The van der Waals surface area contributed by atoms with E-state index in [9.17, 15) is 4.79 Å². The number of amides is 1. The molecule has 1 amide bonds. The molecule has 0 saturated heterocycles. The van der Waals surface area contributed by atoms with Gasteiger partial charge in [-0.05, 0) is 31.9 Å². The smallest absolute Gasteiger partial charge is 0.409 e. The van der Waals surface area contributed by atoms with Crippen LogP contribution in [0.25, 0.3) is 0 Å². The number of nitrogens with zero attached hydrogens (tertiary/aromatic N) is 1. The molecule has 1 rings (SSSR count). The zero-order valence-electron chi connectivity index (χ0n) is 15.3. The molecule has 0 aliphatic carbocycles. The molecule has 0 heterocycles. The van der Waals surface area contributed by atoms with Crippen LogP contribution in [0.5, 0.6) is 11.5 Å². The minimum atomic E-state index is -0.144. The van der Waals surface area contributed by atoms with E-state index in [0.29, 0.717) is 6.61 Å². The van der Waals surface area contributed by atoms with Gasteiger partial charge in [0, 0.05) is 19.2 Å². The highest BCUT2D eigenvalue weighted by Crippen LogP contribution is 2.14. The Morgan fingerprint density at radius 1 is 0.958 bits per heavy atom. The first-order valence-corrected chi connectivity index (χ1v) is 8.94. The Morgan fingerprint density at radius 2 is 1.46 bits per heavy atom. The molecular weight excluding hydrogens is 306 g/mol. The van der Waals surface area contributed by atoms with Crippen molar-refractivity contribution in [2.75, 3.05) is 19.7 Å². The number of phenols is 2. The van der Waals surface area contributed by atoms with Crippen LogP contribution in [0.2, 0.25) is 0 Å². The Labute approximate surface area is 146 Å². The monoisotopic (exact) mass is 339 g/mol. The maximum absolute atomic E-state index is 11.6. The number of benzene rings is 1. The maximum Gasteiger partial charge on any atom is 0.409 e. The van der Waals surface area contributed by atoms with Crippen LogP contribution in [-0.4, -0.2) is 40.9 Å². The summed E-state index contributed by atoms with van der Waals surface area (Å²) in [7, 11) is 0. The highest BCUT2D eigenvalue weighted by Gasteiger charge is 2.12. The van der Waals surface area contributed by atoms with E-state index >= 15 is 0 Å². The van der Waals surface area contributed by atoms with Gasteiger partial charge < -0.3 is 19.8 Å². The summed E-state index contributed by atoms with van der Waals surface area (Å²) < 4.78 is 5.05. The molecule has 0 unspecified atom stereocenters. The number of carbonyl (C=O) groups excluding carboxylic acids is 1. The summed E-state index contributed by atoms with van der Waals surface area (Å²) in [6.07, 6.45) is 6.77. The molecule has 0 bridgehead atoms. The van der Waals surface area contributed by atoms with Crippen molar-refractivity contribution in [1.82, 2.24) is 4.90 Å². The lowest BCUT2D eigenvalue weighted by atomic mass is 10.2. The van der Waals surface area contributed by atoms with Crippen molar-refractivity contribution in [2.45, 2.75) is 59.3 Å². The molecule has 0 radical (unpaired) electrons. The van der Waals surface area contributed by atoms with Crippen molar-refractivity contribution in [3.05, 3.63) is 24.3 Å². The molecule has 0 atom stereocenters. The minimum Gasteiger partial charge on any atom is -0.508 e. The van der Waals surface area contributed by atoms with Crippen LogP contribution in [-0.2, 0) is 4.74 Å². The average Bonchev–Trinajstić information content (AvgIpc) is 2.54. The Hall–Kier alpha value is -1.91. The highest BCUT2D eigenvalue weighted by atomic mass is 16.6. The minimum absolute atomic E-state index is 0.0880. The first kappa shape index (κ1) is 22.1. The van der Waals surface area contributed by atoms with E-state index in [1.165, 1.54) is 43.9 Å². The zero-order valence-corrected chi connectivity index (χ0v) is 15.3. The van der Waals surface area contributed by atoms with Crippen LogP contribution in [0.15, 0.2) is 24.3 Å². The number of ether oxygens (including phenoxy) is 1. The van der Waals surface area contributed by atoms with Crippen molar-refractivity contribution in [3.8, 4) is 11.5 Å². The van der Waals surface area contributed by atoms with Gasteiger partial charge >= 0.3 is 6.09 Å². The summed E-state index contributed by atoms with van der Waals surface area (Å²) in [6.45, 7) is 8.36. The molecule has 1 aromatic carbocycles. The summed E-state index contributed by atoms with van der Waals surface area (Å²) in [4.78, 5) is 13.5. The third-order valence-corrected chi connectivity index (χ3v) is 3.42. The predicted octanol–water partition coefficient (Wildman–Crippen LogP) is 4.92. The summed E-state index contributed by atoms with van der Waals surface area (Å²) in [5.74, 6) is 0.176. The van der Waals surface area contributed by atoms with Crippen LogP contribution in [0.4, 0.5) is 4.79 Å². The number of hydrogen-bond acceptors (Lipinski definition) is 4. The lowest BCUT2D eigenvalue weighted by Gasteiger charge is -2.21. The van der Waals surface area contributed by atoms with Crippen LogP contribution >= 0.6 is 0 Å². The highest BCUT2D eigenvalue weighted by molar-refractivity contribution is 5.67. The average molecular weight is 339 g/mol. The Bertz CT molecular complexity index is 410. The second kappa shape index (κ2) is 14.7. The molecule has 5 heteroatoms. The van der Waals surface area contributed by atoms with Crippen molar-refractivity contribution in [2.24, 2.45) is 0 Å². The van der Waals surface area contributed by atoms with Crippen LogP contribution in [0, 0.1) is 0 Å². The molecule has 138 valence electrons. The van der Waals surface area contributed by atoms with Gasteiger partial charge in [-0.3, -0.25) is 0 Å². The summed E-state index contributed by atoms with van der Waals surface area (Å²) in [6, 6.07) is 5.85. The van der Waals surface area contributed by atoms with Gasteiger partial charge in [-0.2, -0.15) is 0 Å². The van der Waals surface area contributed by atoms with E-state index in [0.717, 1.165) is 25.9 Å². The first-order chi connectivity index (χ1) is 11.5. The number of phenolic OH excluding ortho intramolecular Hbond substituents is 2. The van der Waals surface area contributed by atoms with E-state index in [4.69, 9.17) is 14.9 Å². The number of unbranched alkanes of at least 4 members (excludes halogenated alkanes) is 4. The third-order valence-electron chi connectivity index (χ3n) is 3.42. The van der Waals surface area contributed by atoms with Crippen LogP contribution < -0.4 is 0 Å². The molecule has 0 aromatic heterocycles. The van der Waals surface area contributed by atoms with E-state index in [-0.39, 0.29) is 17.6 Å². The van der Waals surface area contributed by atoms with E-state index < -0.39 is 0 Å². The summed E-state index contributed by atoms with van der Waals surface area (Å²) in [5.41, 5.74) is 0. The largest absolute Gasteiger partial charge is 0.508 e. The van der Waals surface area contributed by atoms with E-state index in [2.05, 4.69) is 13.8 Å². The number of aromatic hydroxyl groups is 2. The second-order valence-electron chi connectivity index (χ2n) is 5.62. The molecule has 2 N–H and O–H groups in total. The van der Waals surface area contributed by atoms with Crippen LogP contribution in [0.3, 0.4) is 0 Å². The Balaban J connectivity index is 0.000000546. The molecule has 24 heavy (non-hydrogen) atoms. The van der Waals surface area contributed by atoms with Gasteiger partial charge in [0.05, 0.1) is 6.61 Å². The van der Waals surface area contributed by atoms with Gasteiger partial charge in [-0.1, -0.05) is 45.6 Å². The van der Waals surface area contributed by atoms with Crippen molar-refractivity contribution in [3.63, 3.8) is 0 Å². The summed E-state index contributed by atoms with van der Waals surface area (Å²) >= 11 is 0. The molecule has 0 fully saturated rings. The second-order valence-corrected chi connectivity index (χ2v) is 5.62. The van der Waals surface area contributed by atoms with E-state index in [1.807, 2.05) is 11.8 Å². The van der Waals surface area contributed by atoms with Crippen molar-refractivity contribution in [1.29, 1.82) is 0 Å². The van der Waals surface area contributed by atoms with Crippen molar-refractivity contribution >= 4 is 6.09 Å². The first-order valence-electron chi connectivity index (χ1n) is 8.94. The standard InChI is InChI=1S/C13H27NO2.C6H6O2/c1-4-7-9-11-14(12-10-8-5-2)13(15)16-6-3;7-5-2-1-3-6(8)4-5/h4-12H2,1-3H3;1-4,7-8H. The Morgan fingerprint density at radius 3 is 1.79 bits per heavy atom. The SMILES string of the molecule is CCCCCN(CCCCC)C(=O)OCC.Oc1cccc(O)c1. The fourth-order valence-electron chi connectivity index (χ4n) is 2.11. The molecule has 0 spiro atoms. The normalized spacial score (nSPS) is 9.79. The van der Waals surface area contributed by atoms with Gasteiger partial charge in [-0.15, -0.1) is 0 Å². The number of carbonyl (C=O) groups is 1. The fraction of sp³-hybridized carbons (Fsp3) is 0.632. The van der Waals surface area contributed by atoms with Gasteiger partial charge in [0.25, 0.3) is 0 Å². The predicted molar refractivity (Wildman–Crippen MR) is 97.4 cm³/mol. The molecule has 0 aliphatic heterocycles.